The highest BCUT2D eigenvalue weighted by molar-refractivity contribution is 5.76. The lowest BCUT2D eigenvalue weighted by Gasteiger charge is -2.37. The summed E-state index contributed by atoms with van der Waals surface area (Å²) >= 11 is 0. The molecule has 1 aromatic carbocycles. The molecule has 1 aromatic rings. The van der Waals surface area contributed by atoms with Crippen molar-refractivity contribution in [1.82, 2.24) is 10.2 Å². The van der Waals surface area contributed by atoms with E-state index in [0.29, 0.717) is 45.0 Å². The van der Waals surface area contributed by atoms with Gasteiger partial charge in [-0.1, -0.05) is 0 Å². The van der Waals surface area contributed by atoms with Crippen LogP contribution in [0.3, 0.4) is 0 Å². The van der Waals surface area contributed by atoms with Gasteiger partial charge in [0.2, 0.25) is 5.91 Å². The van der Waals surface area contributed by atoms with Gasteiger partial charge in [0.25, 0.3) is 5.69 Å². The number of nitrogens with zero attached hydrogens (tertiary/aromatic N) is 2. The monoisotopic (exact) mass is 460 g/mol. The van der Waals surface area contributed by atoms with Crippen molar-refractivity contribution < 1.29 is 32.4 Å². The predicted octanol–water partition coefficient (Wildman–Crippen LogP) is 2.27. The average molecular weight is 460 g/mol. The summed E-state index contributed by atoms with van der Waals surface area (Å²) < 4.78 is 49.3. The number of hydrogen-bond acceptors (Lipinski definition) is 7. The van der Waals surface area contributed by atoms with Crippen LogP contribution in [0.5, 0.6) is 0 Å². The fourth-order valence-electron chi connectivity index (χ4n) is 3.99. The van der Waals surface area contributed by atoms with Gasteiger partial charge < -0.3 is 20.1 Å². The summed E-state index contributed by atoms with van der Waals surface area (Å²) in [5, 5.41) is 16.8. The third-order valence-corrected chi connectivity index (χ3v) is 5.72. The van der Waals surface area contributed by atoms with E-state index in [1.54, 1.807) is 0 Å². The van der Waals surface area contributed by atoms with Gasteiger partial charge >= 0.3 is 6.18 Å². The summed E-state index contributed by atoms with van der Waals surface area (Å²) in [6.45, 7) is 4.72. The lowest BCUT2D eigenvalue weighted by atomic mass is 9.97. The number of anilines is 1. The zero-order chi connectivity index (χ0) is 23.1. The average Bonchev–Trinajstić information content (AvgIpc) is 3.28. The normalized spacial score (nSPS) is 20.7. The first kappa shape index (κ1) is 24.2. The van der Waals surface area contributed by atoms with E-state index >= 15 is 0 Å². The highest BCUT2D eigenvalue weighted by atomic mass is 19.4. The molecule has 0 bridgehead atoms. The second kappa shape index (κ2) is 10.9. The van der Waals surface area contributed by atoms with Crippen molar-refractivity contribution in [3.63, 3.8) is 0 Å². The van der Waals surface area contributed by atoms with E-state index in [2.05, 4.69) is 15.5 Å². The number of carbonyl (C=O) groups excluding carboxylic acids is 1. The second-order valence-electron chi connectivity index (χ2n) is 7.81. The Morgan fingerprint density at radius 1 is 1.25 bits per heavy atom. The molecule has 2 saturated heterocycles. The lowest BCUT2D eigenvalue weighted by molar-refractivity contribution is -0.384. The number of halogens is 3. The fraction of sp³-hybridized carbons (Fsp3) is 0.650. The summed E-state index contributed by atoms with van der Waals surface area (Å²) in [7, 11) is 0. The smallest absolute Gasteiger partial charge is 0.381 e. The standard InChI is InChI=1S/C20H27F3N4O5/c21-20(22,23)15-1-2-16(17(11-15)27(29)30)24-5-3-19(28)25-12-18(14-4-8-32-13-14)26-6-9-31-10-7-26/h1-2,11,14,18,24H,3-10,12-13H2,(H,25,28). The number of amides is 1. The van der Waals surface area contributed by atoms with Crippen LogP contribution in [-0.2, 0) is 20.4 Å². The van der Waals surface area contributed by atoms with Gasteiger partial charge in [-0.2, -0.15) is 13.2 Å². The van der Waals surface area contributed by atoms with E-state index in [4.69, 9.17) is 9.47 Å². The Kier molecular flexibility index (Phi) is 8.26. The number of carbonyl (C=O) groups is 1. The Hall–Kier alpha value is -2.44. The molecule has 2 fully saturated rings. The molecule has 12 heteroatoms. The van der Waals surface area contributed by atoms with Gasteiger partial charge in [-0.15, -0.1) is 0 Å². The van der Waals surface area contributed by atoms with Gasteiger partial charge in [-0.05, 0) is 18.6 Å². The molecule has 0 aromatic heterocycles. The molecule has 0 spiro atoms. The summed E-state index contributed by atoms with van der Waals surface area (Å²) in [6.07, 6.45) is -3.73. The van der Waals surface area contributed by atoms with E-state index in [-0.39, 0.29) is 30.6 Å². The minimum atomic E-state index is -4.68. The van der Waals surface area contributed by atoms with Crippen LogP contribution in [-0.4, -0.2) is 74.4 Å². The topological polar surface area (TPSA) is 106 Å². The molecule has 3 rings (SSSR count). The minimum Gasteiger partial charge on any atom is -0.381 e. The van der Waals surface area contributed by atoms with E-state index in [9.17, 15) is 28.1 Å². The maximum atomic E-state index is 12.8. The molecular weight excluding hydrogens is 433 g/mol. The Balaban J connectivity index is 1.51. The predicted molar refractivity (Wildman–Crippen MR) is 109 cm³/mol. The number of nitrogens with one attached hydrogen (secondary N) is 2. The Morgan fingerprint density at radius 3 is 2.62 bits per heavy atom. The number of nitro benzene ring substituents is 1. The van der Waals surface area contributed by atoms with Gasteiger partial charge in [-0.3, -0.25) is 19.8 Å². The van der Waals surface area contributed by atoms with Crippen molar-refractivity contribution in [2.75, 3.05) is 57.9 Å². The molecular formula is C20H27F3N4O5. The number of hydrogen-bond donors (Lipinski definition) is 2. The number of alkyl halides is 3. The zero-order valence-electron chi connectivity index (χ0n) is 17.5. The van der Waals surface area contributed by atoms with Crippen LogP contribution in [0, 0.1) is 16.0 Å². The van der Waals surface area contributed by atoms with E-state index in [1.807, 2.05) is 0 Å². The Bertz CT molecular complexity index is 796. The van der Waals surface area contributed by atoms with E-state index < -0.39 is 22.4 Å². The molecule has 32 heavy (non-hydrogen) atoms. The molecule has 2 N–H and O–H groups in total. The molecule has 2 heterocycles. The minimum absolute atomic E-state index is 0.0230. The Morgan fingerprint density at radius 2 is 2.00 bits per heavy atom. The van der Waals surface area contributed by atoms with Gasteiger partial charge in [-0.25, -0.2) is 0 Å². The molecule has 2 atom stereocenters. The maximum Gasteiger partial charge on any atom is 0.416 e. The lowest BCUT2D eigenvalue weighted by Crippen LogP contribution is -2.52. The van der Waals surface area contributed by atoms with Gasteiger partial charge in [0.1, 0.15) is 5.69 Å². The van der Waals surface area contributed by atoms with Crippen LogP contribution in [0.2, 0.25) is 0 Å². The SMILES string of the molecule is O=C(CCNc1ccc(C(F)(F)F)cc1[N+](=O)[O-])NCC(C1CCOC1)N1CCOCC1. The number of morpholine rings is 1. The van der Waals surface area contributed by atoms with E-state index in [0.717, 1.165) is 31.6 Å². The number of nitro groups is 1. The molecule has 9 nitrogen and oxygen atoms in total. The second-order valence-corrected chi connectivity index (χ2v) is 7.81. The van der Waals surface area contributed by atoms with E-state index in [1.165, 1.54) is 0 Å². The van der Waals surface area contributed by atoms with Crippen LogP contribution < -0.4 is 10.6 Å². The maximum absolute atomic E-state index is 12.8. The first-order valence-electron chi connectivity index (χ1n) is 10.5. The van der Waals surface area contributed by atoms with Crippen molar-refractivity contribution in [2.24, 2.45) is 5.92 Å². The third kappa shape index (κ3) is 6.53. The van der Waals surface area contributed by atoms with Crippen molar-refractivity contribution in [3.05, 3.63) is 33.9 Å². The van der Waals surface area contributed by atoms with Crippen molar-refractivity contribution >= 4 is 17.3 Å². The first-order valence-corrected chi connectivity index (χ1v) is 10.5. The van der Waals surface area contributed by atoms with Gasteiger partial charge in [0.15, 0.2) is 0 Å². The fourth-order valence-corrected chi connectivity index (χ4v) is 3.99. The van der Waals surface area contributed by atoms with Crippen LogP contribution in [0.1, 0.15) is 18.4 Å². The Labute approximate surface area is 183 Å². The van der Waals surface area contributed by atoms with Crippen LogP contribution in [0.4, 0.5) is 24.5 Å². The molecule has 2 unspecified atom stereocenters. The summed E-state index contributed by atoms with van der Waals surface area (Å²) in [5.74, 6) is 0.0746. The van der Waals surface area contributed by atoms with Crippen LogP contribution >= 0.6 is 0 Å². The third-order valence-electron chi connectivity index (χ3n) is 5.72. The number of rotatable bonds is 9. The summed E-state index contributed by atoms with van der Waals surface area (Å²) in [6, 6.07) is 2.40. The highest BCUT2D eigenvalue weighted by Crippen LogP contribution is 2.34. The molecule has 0 aliphatic carbocycles. The summed E-state index contributed by atoms with van der Waals surface area (Å²) in [4.78, 5) is 24.9. The number of benzene rings is 1. The van der Waals surface area contributed by atoms with Crippen LogP contribution in [0.25, 0.3) is 0 Å². The van der Waals surface area contributed by atoms with Crippen molar-refractivity contribution in [1.29, 1.82) is 0 Å². The van der Waals surface area contributed by atoms with Crippen molar-refractivity contribution in [3.8, 4) is 0 Å². The van der Waals surface area contributed by atoms with Gasteiger partial charge in [0.05, 0.1) is 30.3 Å². The molecule has 178 valence electrons. The summed E-state index contributed by atoms with van der Waals surface area (Å²) in [5.41, 5.74) is -1.85. The molecule has 0 saturated carbocycles. The van der Waals surface area contributed by atoms with Gasteiger partial charge in [0, 0.05) is 57.2 Å². The number of ether oxygens (including phenoxy) is 2. The van der Waals surface area contributed by atoms with Crippen molar-refractivity contribution in [2.45, 2.75) is 25.1 Å². The highest BCUT2D eigenvalue weighted by Gasteiger charge is 2.33. The quantitative estimate of drug-likeness (QED) is 0.430. The molecule has 2 aliphatic rings. The molecule has 1 amide bonds. The zero-order valence-corrected chi connectivity index (χ0v) is 17.5. The largest absolute Gasteiger partial charge is 0.416 e. The first-order chi connectivity index (χ1) is 15.3. The molecule has 0 radical (unpaired) electrons. The van der Waals surface area contributed by atoms with Crippen LogP contribution in [0.15, 0.2) is 18.2 Å². The molecule has 2 aliphatic heterocycles.